The van der Waals surface area contributed by atoms with Gasteiger partial charge in [-0.15, -0.1) is 11.3 Å². The van der Waals surface area contributed by atoms with Crippen LogP contribution in [0.2, 0.25) is 0 Å². The Morgan fingerprint density at radius 3 is 1.75 bits per heavy atom. The summed E-state index contributed by atoms with van der Waals surface area (Å²) in [6.45, 7) is 0. The van der Waals surface area contributed by atoms with E-state index in [1.54, 1.807) is 0 Å². The van der Waals surface area contributed by atoms with Gasteiger partial charge in [0, 0.05) is 92.7 Å². The Hall–Kier alpha value is -9.42. The van der Waals surface area contributed by atoms with Gasteiger partial charge < -0.3 is 18.8 Å². The van der Waals surface area contributed by atoms with E-state index >= 15 is 0 Å². The van der Waals surface area contributed by atoms with Crippen molar-refractivity contribution >= 4 is 131 Å². The van der Waals surface area contributed by atoms with Gasteiger partial charge in [0.2, 0.25) is 0 Å². The average Bonchev–Trinajstić information content (AvgIpc) is 4.13. The molecule has 3 aromatic heterocycles. The Morgan fingerprint density at radius 2 is 0.932 bits per heavy atom. The number of fused-ring (bicyclic) bond motifs is 12. The predicted molar refractivity (Wildman–Crippen MR) is 311 cm³/mol. The van der Waals surface area contributed by atoms with Crippen LogP contribution in [0.3, 0.4) is 0 Å². The molecule has 15 aromatic rings. The summed E-state index contributed by atoms with van der Waals surface area (Å²) >= 11 is 1.84. The molecule has 73 heavy (non-hydrogen) atoms. The first-order valence-electron chi connectivity index (χ1n) is 24.8. The molecule has 0 aliphatic rings. The Kier molecular flexibility index (Phi) is 9.41. The number of hydrogen-bond acceptors (Lipinski definition) is 4. The van der Waals surface area contributed by atoms with Crippen LogP contribution in [0.4, 0.5) is 34.1 Å². The molecule has 0 fully saturated rings. The quantitative estimate of drug-likeness (QED) is 0.152. The van der Waals surface area contributed by atoms with Crippen LogP contribution in [0.5, 0.6) is 0 Å². The monoisotopic (exact) mass is 949 g/mol. The van der Waals surface area contributed by atoms with Crippen molar-refractivity contribution in [1.29, 1.82) is 0 Å². The van der Waals surface area contributed by atoms with E-state index in [9.17, 15) is 0 Å². The number of benzene rings is 12. The Labute approximate surface area is 425 Å². The van der Waals surface area contributed by atoms with Crippen LogP contribution >= 0.6 is 11.3 Å². The molecule has 0 saturated heterocycles. The molecule has 15 rings (SSSR count). The third kappa shape index (κ3) is 6.67. The zero-order valence-corrected chi connectivity index (χ0v) is 40.3. The number of anilines is 6. The number of thiophene rings is 1. The minimum Gasteiger partial charge on any atom is -0.455 e. The second-order valence-electron chi connectivity index (χ2n) is 18.8. The molecule has 0 saturated carbocycles. The molecule has 4 nitrogen and oxygen atoms in total. The SMILES string of the molecule is c1ccc(-c2ccc(N(c3ccc4c(c3)oc3c5ccccc5ccc43)c3ccc4c(c3)sc3ccc(N(c5ccccc5)c5ccc6c7ccccc7n(-c7ccccc7)c6c5)cc34)c3ccccc23)cc1. The molecule has 0 N–H and O–H groups in total. The summed E-state index contributed by atoms with van der Waals surface area (Å²) in [6, 6.07) is 94.7. The fourth-order valence-electron chi connectivity index (χ4n) is 11.4. The number of aromatic nitrogens is 1. The van der Waals surface area contributed by atoms with E-state index in [1.165, 1.54) is 69.3 Å². The summed E-state index contributed by atoms with van der Waals surface area (Å²) in [5, 5.41) is 11.8. The Morgan fingerprint density at radius 1 is 0.329 bits per heavy atom. The van der Waals surface area contributed by atoms with E-state index in [0.717, 1.165) is 67.1 Å². The fraction of sp³-hybridized carbons (Fsp3) is 0. The van der Waals surface area contributed by atoms with Crippen molar-refractivity contribution in [2.75, 3.05) is 9.80 Å². The normalized spacial score (nSPS) is 11.8. The number of para-hydroxylation sites is 3. The van der Waals surface area contributed by atoms with E-state index < -0.39 is 0 Å². The van der Waals surface area contributed by atoms with E-state index in [4.69, 9.17) is 4.42 Å². The summed E-state index contributed by atoms with van der Waals surface area (Å²) in [7, 11) is 0. The molecule has 0 atom stereocenters. The van der Waals surface area contributed by atoms with Gasteiger partial charge in [-0.1, -0.05) is 158 Å². The minimum absolute atomic E-state index is 0.859. The van der Waals surface area contributed by atoms with Gasteiger partial charge in [-0.3, -0.25) is 0 Å². The summed E-state index contributed by atoms with van der Waals surface area (Å²) in [5.74, 6) is 0. The lowest BCUT2D eigenvalue weighted by Crippen LogP contribution is -2.10. The average molecular weight is 950 g/mol. The third-order valence-corrected chi connectivity index (χ3v) is 15.9. The molecule has 0 spiro atoms. The number of nitrogens with zero attached hydrogens (tertiary/aromatic N) is 3. The first kappa shape index (κ1) is 41.4. The summed E-state index contributed by atoms with van der Waals surface area (Å²) in [5.41, 5.74) is 14.2. The van der Waals surface area contributed by atoms with Crippen molar-refractivity contribution < 1.29 is 4.42 Å². The van der Waals surface area contributed by atoms with Gasteiger partial charge in [-0.05, 0) is 119 Å². The second kappa shape index (κ2) is 16.6. The van der Waals surface area contributed by atoms with Crippen LogP contribution in [-0.4, -0.2) is 4.57 Å². The van der Waals surface area contributed by atoms with Gasteiger partial charge in [-0.25, -0.2) is 0 Å². The number of rotatable bonds is 8. The highest BCUT2D eigenvalue weighted by molar-refractivity contribution is 7.25. The first-order valence-corrected chi connectivity index (χ1v) is 25.6. The molecule has 0 aliphatic heterocycles. The van der Waals surface area contributed by atoms with Gasteiger partial charge in [-0.2, -0.15) is 0 Å². The van der Waals surface area contributed by atoms with E-state index in [2.05, 4.69) is 275 Å². The molecule has 0 amide bonds. The van der Waals surface area contributed by atoms with E-state index in [-0.39, 0.29) is 0 Å². The van der Waals surface area contributed by atoms with E-state index in [0.29, 0.717) is 0 Å². The molecule has 3 heterocycles. The van der Waals surface area contributed by atoms with Gasteiger partial charge >= 0.3 is 0 Å². The molecule has 342 valence electrons. The third-order valence-electron chi connectivity index (χ3n) is 14.7. The van der Waals surface area contributed by atoms with Crippen molar-refractivity contribution in [3.8, 4) is 16.8 Å². The van der Waals surface area contributed by atoms with Crippen molar-refractivity contribution in [1.82, 2.24) is 4.57 Å². The van der Waals surface area contributed by atoms with Crippen molar-refractivity contribution in [3.05, 3.63) is 261 Å². The molecule has 0 bridgehead atoms. The largest absolute Gasteiger partial charge is 0.455 e. The lowest BCUT2D eigenvalue weighted by molar-refractivity contribution is 0.672. The molecule has 0 radical (unpaired) electrons. The zero-order valence-electron chi connectivity index (χ0n) is 39.5. The van der Waals surface area contributed by atoms with Crippen LogP contribution < -0.4 is 9.80 Å². The molecule has 0 aliphatic carbocycles. The summed E-state index contributed by atoms with van der Waals surface area (Å²) in [4.78, 5) is 4.81. The highest BCUT2D eigenvalue weighted by Crippen LogP contribution is 2.48. The smallest absolute Gasteiger partial charge is 0.143 e. The zero-order chi connectivity index (χ0) is 48.0. The Bertz CT molecular complexity index is 4630. The second-order valence-corrected chi connectivity index (χ2v) is 19.9. The number of hydrogen-bond donors (Lipinski definition) is 0. The molecular weight excluding hydrogens is 907 g/mol. The lowest BCUT2D eigenvalue weighted by atomic mass is 9.96. The highest BCUT2D eigenvalue weighted by atomic mass is 32.1. The topological polar surface area (TPSA) is 24.6 Å². The molecule has 12 aromatic carbocycles. The van der Waals surface area contributed by atoms with Crippen LogP contribution in [0.15, 0.2) is 265 Å². The van der Waals surface area contributed by atoms with Crippen LogP contribution in [0.25, 0.3) is 102 Å². The summed E-state index contributed by atoms with van der Waals surface area (Å²) in [6.07, 6.45) is 0. The van der Waals surface area contributed by atoms with Crippen LogP contribution in [0.1, 0.15) is 0 Å². The fourth-order valence-corrected chi connectivity index (χ4v) is 12.5. The minimum atomic E-state index is 0.859. The predicted octanol–water partition coefficient (Wildman–Crippen LogP) is 20.0. The van der Waals surface area contributed by atoms with Crippen LogP contribution in [-0.2, 0) is 0 Å². The van der Waals surface area contributed by atoms with Gasteiger partial charge in [0.1, 0.15) is 11.2 Å². The highest BCUT2D eigenvalue weighted by Gasteiger charge is 2.23. The standard InChI is InChI=1S/C68H43N3OS/c1-4-16-44(17-5-1)52-37-38-63(55-25-13-12-24-54(52)55)70(50-30-35-58-60-33-28-45-18-10-11-23-53(45)68(60)72-65(58)42-50)51-31-36-59-61-40-48(32-39-66(61)73-67(59)43-51)69(46-19-6-2-7-20-46)49-29-34-57-56-26-14-15-27-62(56)71(64(57)41-49)47-21-8-3-9-22-47/h1-43H. The van der Waals surface area contributed by atoms with Crippen molar-refractivity contribution in [3.63, 3.8) is 0 Å². The van der Waals surface area contributed by atoms with Crippen molar-refractivity contribution in [2.45, 2.75) is 0 Å². The lowest BCUT2D eigenvalue weighted by Gasteiger charge is -2.27. The maximum atomic E-state index is 6.83. The van der Waals surface area contributed by atoms with Crippen molar-refractivity contribution in [2.24, 2.45) is 0 Å². The Balaban J connectivity index is 0.897. The van der Waals surface area contributed by atoms with Gasteiger partial charge in [0.05, 0.1) is 16.7 Å². The van der Waals surface area contributed by atoms with Crippen LogP contribution in [0, 0.1) is 0 Å². The summed E-state index contributed by atoms with van der Waals surface area (Å²) < 4.78 is 11.7. The molecular formula is C68H43N3OS. The molecule has 5 heteroatoms. The van der Waals surface area contributed by atoms with Gasteiger partial charge in [0.15, 0.2) is 0 Å². The molecule has 0 unspecified atom stereocenters. The maximum Gasteiger partial charge on any atom is 0.143 e. The maximum absolute atomic E-state index is 6.83. The van der Waals surface area contributed by atoms with Gasteiger partial charge in [0.25, 0.3) is 0 Å². The first-order chi connectivity index (χ1) is 36.2. The number of furan rings is 1. The van der Waals surface area contributed by atoms with E-state index in [1.807, 2.05) is 11.3 Å².